The molecule has 5 nitrogen and oxygen atoms in total. The molecule has 0 aliphatic rings. The van der Waals surface area contributed by atoms with Crippen molar-refractivity contribution in [2.75, 3.05) is 19.6 Å². The second-order valence-corrected chi connectivity index (χ2v) is 4.68. The van der Waals surface area contributed by atoms with Crippen molar-refractivity contribution >= 4 is 16.6 Å². The fourth-order valence-electron chi connectivity index (χ4n) is 1.35. The molecule has 13 heavy (non-hydrogen) atoms. The third-order valence-electron chi connectivity index (χ3n) is 2.44. The molecule has 0 saturated heterocycles. The molecule has 6 heteroatoms. The van der Waals surface area contributed by atoms with Crippen LogP contribution >= 0.6 is 0 Å². The van der Waals surface area contributed by atoms with Crippen LogP contribution in [0.25, 0.3) is 0 Å². The van der Waals surface area contributed by atoms with Gasteiger partial charge in [0.05, 0.1) is 19.6 Å². The Hall–Kier alpha value is -0.620. The van der Waals surface area contributed by atoms with Crippen LogP contribution in [0.2, 0.25) is 0 Å². The Morgan fingerprint density at radius 2 is 1.54 bits per heavy atom. The maximum atomic E-state index is 11.6. The molecule has 0 aliphatic carbocycles. The Morgan fingerprint density at radius 1 is 1.15 bits per heavy atom. The monoisotopic (exact) mass is 209 g/mol. The summed E-state index contributed by atoms with van der Waals surface area (Å²) in [6.45, 7) is 6.73. The van der Waals surface area contributed by atoms with Crippen molar-refractivity contribution in [1.29, 1.82) is 0 Å². The Bertz CT molecular complexity index is 249. The van der Waals surface area contributed by atoms with Crippen LogP contribution in [0.5, 0.6) is 0 Å². The molecule has 0 bridgehead atoms. The molecule has 0 rings (SSSR count). The number of carbonyl (C=O) groups excluding carboxylic acids is 1. The lowest BCUT2D eigenvalue weighted by atomic mass is 10.5. The molecular weight excluding hydrogens is 192 g/mol. The minimum absolute atomic E-state index is 0.105. The Morgan fingerprint density at radius 3 is 1.77 bits per heavy atom. The van der Waals surface area contributed by atoms with E-state index in [0.29, 0.717) is 19.6 Å². The number of rotatable bonds is 6. The van der Waals surface area contributed by atoms with Crippen LogP contribution < -0.4 is 4.72 Å². The highest BCUT2D eigenvalue weighted by atomic mass is 32.2. The molecule has 0 aromatic rings. The summed E-state index contributed by atoms with van der Waals surface area (Å²) in [5.74, 6) is 0. The van der Waals surface area contributed by atoms with Crippen LogP contribution in [0, 0.1) is 0 Å². The molecule has 0 aromatic carbocycles. The van der Waals surface area contributed by atoms with Crippen LogP contribution in [-0.4, -0.2) is 38.4 Å². The molecule has 0 heterocycles. The van der Waals surface area contributed by atoms with E-state index >= 15 is 0 Å². The zero-order valence-corrected chi connectivity index (χ0v) is 9.10. The Kier molecular flexibility index (Phi) is 4.35. The van der Waals surface area contributed by atoms with E-state index in [1.165, 1.54) is 0 Å². The lowest BCUT2D eigenvalue weighted by molar-refractivity contribution is -0.801. The molecule has 0 spiro atoms. The summed E-state index contributed by atoms with van der Waals surface area (Å²) in [7, 11) is -3.56. The van der Waals surface area contributed by atoms with Crippen molar-refractivity contribution < 1.29 is 17.1 Å². The zero-order valence-electron chi connectivity index (χ0n) is 8.28. The Labute approximate surface area is 79.5 Å². The van der Waals surface area contributed by atoms with Gasteiger partial charge in [-0.3, -0.25) is 4.79 Å². The topological polar surface area (TPSA) is 63.2 Å². The van der Waals surface area contributed by atoms with Crippen LogP contribution in [0.1, 0.15) is 20.8 Å². The quantitative estimate of drug-likeness (QED) is 0.489. The summed E-state index contributed by atoms with van der Waals surface area (Å²) in [4.78, 5) is 10.1. The second-order valence-electron chi connectivity index (χ2n) is 2.72. The first kappa shape index (κ1) is 12.4. The first-order valence-corrected chi connectivity index (χ1v) is 5.75. The van der Waals surface area contributed by atoms with Gasteiger partial charge in [0.25, 0.3) is 0 Å². The van der Waals surface area contributed by atoms with Gasteiger partial charge in [0.15, 0.2) is 0 Å². The SMILES string of the molecule is CC[N+](CC)(CC)S(=O)(=O)NC=O. The van der Waals surface area contributed by atoms with Crippen molar-refractivity contribution in [2.45, 2.75) is 20.8 Å². The summed E-state index contributed by atoms with van der Waals surface area (Å²) < 4.78 is 24.9. The molecule has 0 aromatic heterocycles. The highest BCUT2D eigenvalue weighted by Gasteiger charge is 2.36. The van der Waals surface area contributed by atoms with Gasteiger partial charge in [-0.25, -0.2) is 8.61 Å². The summed E-state index contributed by atoms with van der Waals surface area (Å²) in [5.41, 5.74) is 0. The highest BCUT2D eigenvalue weighted by Crippen LogP contribution is 2.11. The molecule has 78 valence electrons. The fourth-order valence-corrected chi connectivity index (χ4v) is 2.72. The van der Waals surface area contributed by atoms with Gasteiger partial charge in [-0.05, 0) is 20.8 Å². The van der Waals surface area contributed by atoms with Gasteiger partial charge in [-0.15, -0.1) is 0 Å². The van der Waals surface area contributed by atoms with Crippen molar-refractivity contribution in [3.8, 4) is 0 Å². The third-order valence-corrected chi connectivity index (χ3v) is 4.62. The summed E-state index contributed by atoms with van der Waals surface area (Å²) in [6, 6.07) is 0. The molecular formula is C7H17N2O3S+. The Balaban J connectivity index is 5.03. The highest BCUT2D eigenvalue weighted by molar-refractivity contribution is 7.84. The van der Waals surface area contributed by atoms with Crippen LogP contribution in [0.4, 0.5) is 0 Å². The fraction of sp³-hybridized carbons (Fsp3) is 0.857. The van der Waals surface area contributed by atoms with Crippen molar-refractivity contribution in [3.63, 3.8) is 0 Å². The van der Waals surface area contributed by atoms with Gasteiger partial charge in [0.1, 0.15) is 0 Å². The van der Waals surface area contributed by atoms with Crippen LogP contribution in [-0.2, 0) is 15.0 Å². The number of hydrogen-bond acceptors (Lipinski definition) is 3. The standard InChI is InChI=1S/C7H16N2O3S/c1-4-9(5-2,6-3)13(11,12)8-7-10/h7H,4-6H2,1-3H3/p+1. The molecule has 0 fully saturated rings. The minimum atomic E-state index is -3.56. The third kappa shape index (κ3) is 2.19. The van der Waals surface area contributed by atoms with E-state index in [1.54, 1.807) is 20.8 Å². The van der Waals surface area contributed by atoms with Gasteiger partial charge in [0.2, 0.25) is 6.41 Å². The van der Waals surface area contributed by atoms with E-state index in [4.69, 9.17) is 0 Å². The smallest absolute Gasteiger partial charge is 0.278 e. The maximum absolute atomic E-state index is 11.6. The first-order chi connectivity index (χ1) is 5.99. The van der Waals surface area contributed by atoms with Crippen LogP contribution in [0.15, 0.2) is 0 Å². The van der Waals surface area contributed by atoms with Gasteiger partial charge >= 0.3 is 10.2 Å². The molecule has 0 aliphatic heterocycles. The molecule has 0 saturated carbocycles. The maximum Gasteiger partial charge on any atom is 0.396 e. The summed E-state index contributed by atoms with van der Waals surface area (Å²) in [5, 5.41) is 0. The van der Waals surface area contributed by atoms with Gasteiger partial charge in [-0.2, -0.15) is 8.42 Å². The van der Waals surface area contributed by atoms with Gasteiger partial charge in [0, 0.05) is 0 Å². The van der Waals surface area contributed by atoms with E-state index in [9.17, 15) is 13.2 Å². The molecule has 0 atom stereocenters. The lowest BCUT2D eigenvalue weighted by Gasteiger charge is -2.32. The van der Waals surface area contributed by atoms with Crippen molar-refractivity contribution in [2.24, 2.45) is 0 Å². The predicted molar refractivity (Wildman–Crippen MR) is 50.0 cm³/mol. The molecule has 1 N–H and O–H groups in total. The lowest BCUT2D eigenvalue weighted by Crippen LogP contribution is -2.56. The second kappa shape index (κ2) is 4.57. The van der Waals surface area contributed by atoms with E-state index < -0.39 is 10.2 Å². The summed E-state index contributed by atoms with van der Waals surface area (Å²) >= 11 is 0. The van der Waals surface area contributed by atoms with Gasteiger partial charge in [-0.1, -0.05) is 0 Å². The minimum Gasteiger partial charge on any atom is -0.278 e. The van der Waals surface area contributed by atoms with Crippen molar-refractivity contribution in [3.05, 3.63) is 0 Å². The molecule has 1 amide bonds. The largest absolute Gasteiger partial charge is 0.396 e. The number of nitrogens with zero attached hydrogens (tertiary/aromatic N) is 1. The van der Waals surface area contributed by atoms with Crippen molar-refractivity contribution in [1.82, 2.24) is 4.72 Å². The van der Waals surface area contributed by atoms with E-state index in [0.717, 1.165) is 0 Å². The average Bonchev–Trinajstić information content (AvgIpc) is 2.07. The van der Waals surface area contributed by atoms with E-state index in [-0.39, 0.29) is 10.3 Å². The van der Waals surface area contributed by atoms with Gasteiger partial charge < -0.3 is 0 Å². The number of amides is 1. The predicted octanol–water partition coefficient (Wildman–Crippen LogP) is -0.146. The number of carbonyl (C=O) groups is 1. The molecule has 0 unspecified atom stereocenters. The number of hydrogen-bond donors (Lipinski definition) is 1. The first-order valence-electron chi connectivity index (χ1n) is 4.31. The number of nitrogens with one attached hydrogen (secondary N) is 1. The summed E-state index contributed by atoms with van der Waals surface area (Å²) in [6.07, 6.45) is 0.212. The van der Waals surface area contributed by atoms with E-state index in [2.05, 4.69) is 0 Å². The number of quaternary nitrogens is 1. The normalized spacial score (nSPS) is 12.5. The average molecular weight is 209 g/mol. The van der Waals surface area contributed by atoms with Crippen LogP contribution in [0.3, 0.4) is 0 Å². The molecule has 0 radical (unpaired) electrons. The zero-order chi connectivity index (χ0) is 10.5. The van der Waals surface area contributed by atoms with E-state index in [1.807, 2.05) is 4.72 Å².